The number of nitrogens with zero attached hydrogens (tertiary/aromatic N) is 2. The molecule has 2 aliphatic carbocycles. The van der Waals surface area contributed by atoms with E-state index in [-0.39, 0.29) is 38.6 Å². The van der Waals surface area contributed by atoms with Crippen LogP contribution in [0.5, 0.6) is 0 Å². The van der Waals surface area contributed by atoms with Gasteiger partial charge >= 0.3 is 11.9 Å². The van der Waals surface area contributed by atoms with Gasteiger partial charge < -0.3 is 9.47 Å². The molecule has 0 aromatic heterocycles. The standard InChI is InChI=1S/C30H41NO2.C20H25NO2.C11H20.2CH4/c1-5-33-29(32)25-14-16-31(17-15-25)21-24-7-11-26-19-23(6-10-27(26)20-24)18-22-8-12-28(13-9-22)30(2,3)4;1-3-23-20(22)17-8-10-21(11-9-17)14-16-5-7-18-12-15(2)4-6-19(18)13-16;1-9-5-7-10(8-6-9)11(2,3)4;;/h6-7,10-11,18-20,25,28H,5,8-9,12-17,21H2,1-4H3;4-7,12-13,17H,3,8-11,14H2,1-2H3;10H,1,5-8H2,2-4H3;2*1H4. The predicted octanol–water partition coefficient (Wildman–Crippen LogP) is 16.2. The van der Waals surface area contributed by atoms with Crippen molar-refractivity contribution >= 4 is 39.6 Å². The van der Waals surface area contributed by atoms with Crippen LogP contribution < -0.4 is 0 Å². The normalized spacial score (nSPS) is 19.0. The minimum absolute atomic E-state index is 0. The van der Waals surface area contributed by atoms with Gasteiger partial charge in [0, 0.05) is 13.1 Å². The molecule has 2 heterocycles. The van der Waals surface area contributed by atoms with E-state index >= 15 is 0 Å². The first kappa shape index (κ1) is 57.3. The largest absolute Gasteiger partial charge is 0.466 e. The highest BCUT2D eigenvalue weighted by atomic mass is 16.5. The van der Waals surface area contributed by atoms with Gasteiger partial charge in [0.1, 0.15) is 0 Å². The zero-order valence-corrected chi connectivity index (χ0v) is 43.2. The maximum atomic E-state index is 12.0. The number of hydrogen-bond acceptors (Lipinski definition) is 6. The lowest BCUT2D eigenvalue weighted by molar-refractivity contribution is -0.150. The highest BCUT2D eigenvalue weighted by molar-refractivity contribution is 5.86. The van der Waals surface area contributed by atoms with Gasteiger partial charge in [-0.1, -0.05) is 140 Å². The fourth-order valence-electron chi connectivity index (χ4n) is 10.8. The van der Waals surface area contributed by atoms with E-state index in [9.17, 15) is 9.59 Å². The summed E-state index contributed by atoms with van der Waals surface area (Å²) in [5, 5.41) is 5.23. The van der Waals surface area contributed by atoms with E-state index in [0.29, 0.717) is 24.0 Å². The highest BCUT2D eigenvalue weighted by Gasteiger charge is 2.29. The van der Waals surface area contributed by atoms with Gasteiger partial charge in [0.15, 0.2) is 0 Å². The van der Waals surface area contributed by atoms with E-state index < -0.39 is 0 Å². The smallest absolute Gasteiger partial charge is 0.309 e. The SMILES string of the molecule is C.C.C=C1CCC(C(C)(C)C)CC1.CCOC(=O)C1CCN(Cc2ccc3cc(C)ccc3c2)CC1.CCOC(=O)C1CCN(Cc2ccc3cc(C=C4CCC(C(C)(C)C)CC4)ccc3c2)CC1. The number of rotatable bonds is 9. The second-order valence-corrected chi connectivity index (χ2v) is 22.6. The molecule has 0 N–H and O–H groups in total. The Morgan fingerprint density at radius 3 is 1.39 bits per heavy atom. The summed E-state index contributed by atoms with van der Waals surface area (Å²) in [7, 11) is 0. The van der Waals surface area contributed by atoms with E-state index in [1.807, 2.05) is 13.8 Å². The molecule has 2 saturated carbocycles. The number of aryl methyl sites for hydroxylation is 1. The van der Waals surface area contributed by atoms with Gasteiger partial charge in [0.2, 0.25) is 0 Å². The van der Waals surface area contributed by atoms with E-state index in [0.717, 1.165) is 76.8 Å². The average Bonchev–Trinajstić information content (AvgIpc) is 3.30. The summed E-state index contributed by atoms with van der Waals surface area (Å²) >= 11 is 0. The third-order valence-corrected chi connectivity index (χ3v) is 15.4. The summed E-state index contributed by atoms with van der Waals surface area (Å²) in [4.78, 5) is 28.7. The third-order valence-electron chi connectivity index (χ3n) is 15.4. The number of fused-ring (bicyclic) bond motifs is 2. The minimum atomic E-state index is -0.0202. The molecule has 2 aliphatic heterocycles. The molecule has 6 heteroatoms. The van der Waals surface area contributed by atoms with Gasteiger partial charge in [-0.2, -0.15) is 0 Å². The van der Waals surface area contributed by atoms with E-state index in [4.69, 9.17) is 9.47 Å². The summed E-state index contributed by atoms with van der Waals surface area (Å²) in [6.45, 7) is 30.8. The number of carbonyl (C=O) groups excluding carboxylic acids is 2. The number of carbonyl (C=O) groups is 2. The maximum Gasteiger partial charge on any atom is 0.309 e. The first-order valence-electron chi connectivity index (χ1n) is 26.1. The molecule has 0 amide bonds. The Morgan fingerprint density at radius 2 is 0.957 bits per heavy atom. The van der Waals surface area contributed by atoms with Crippen molar-refractivity contribution in [2.45, 2.75) is 167 Å². The number of benzene rings is 4. The number of likely N-dealkylation sites (tertiary alicyclic amines) is 2. The molecule has 4 aromatic rings. The second kappa shape index (κ2) is 26.8. The second-order valence-electron chi connectivity index (χ2n) is 22.6. The van der Waals surface area contributed by atoms with Crippen molar-refractivity contribution in [3.05, 3.63) is 113 Å². The number of esters is 2. The lowest BCUT2D eigenvalue weighted by Crippen LogP contribution is -2.36. The Hall–Kier alpha value is -4.26. The first-order chi connectivity index (χ1) is 32.0. The van der Waals surface area contributed by atoms with E-state index in [1.165, 1.54) is 101 Å². The zero-order chi connectivity index (χ0) is 48.1. The van der Waals surface area contributed by atoms with Crippen molar-refractivity contribution in [2.75, 3.05) is 39.4 Å². The number of piperidine rings is 2. The highest BCUT2D eigenvalue weighted by Crippen LogP contribution is 2.41. The van der Waals surface area contributed by atoms with Crippen LogP contribution in [-0.2, 0) is 32.2 Å². The van der Waals surface area contributed by atoms with Crippen molar-refractivity contribution in [2.24, 2.45) is 34.5 Å². The predicted molar refractivity (Wildman–Crippen MR) is 295 cm³/mol. The molecule has 380 valence electrons. The summed E-state index contributed by atoms with van der Waals surface area (Å²) < 4.78 is 10.3. The Kier molecular flexibility index (Phi) is 22.3. The molecule has 4 aliphatic rings. The molecule has 8 rings (SSSR count). The summed E-state index contributed by atoms with van der Waals surface area (Å²) in [6.07, 6.45) is 16.4. The molecular weight excluding hydrogens is 849 g/mol. The van der Waals surface area contributed by atoms with E-state index in [1.54, 1.807) is 5.57 Å². The topological polar surface area (TPSA) is 59.1 Å². The van der Waals surface area contributed by atoms with Crippen molar-refractivity contribution in [3.8, 4) is 0 Å². The lowest BCUT2D eigenvalue weighted by atomic mass is 9.71. The van der Waals surface area contributed by atoms with Gasteiger partial charge in [-0.05, 0) is 203 Å². The van der Waals surface area contributed by atoms with Crippen LogP contribution in [0.15, 0.2) is 90.5 Å². The Bertz CT molecular complexity index is 2260. The van der Waals surface area contributed by atoms with Gasteiger partial charge in [-0.15, -0.1) is 0 Å². The first-order valence-corrected chi connectivity index (χ1v) is 26.1. The molecule has 4 aromatic carbocycles. The Balaban J connectivity index is 0.000000250. The summed E-state index contributed by atoms with van der Waals surface area (Å²) in [6, 6.07) is 27.1. The zero-order valence-electron chi connectivity index (χ0n) is 43.2. The fourth-order valence-corrected chi connectivity index (χ4v) is 10.8. The summed E-state index contributed by atoms with van der Waals surface area (Å²) in [5.41, 5.74) is 9.35. The molecule has 0 bridgehead atoms. The van der Waals surface area contributed by atoms with Crippen LogP contribution in [-0.4, -0.2) is 61.1 Å². The molecule has 69 heavy (non-hydrogen) atoms. The lowest BCUT2D eigenvalue weighted by Gasteiger charge is -2.34. The van der Waals surface area contributed by atoms with Crippen LogP contribution in [0, 0.1) is 41.4 Å². The number of allylic oxidation sites excluding steroid dienone is 2. The molecule has 0 radical (unpaired) electrons. The van der Waals surface area contributed by atoms with Crippen molar-refractivity contribution in [3.63, 3.8) is 0 Å². The maximum absolute atomic E-state index is 12.0. The van der Waals surface area contributed by atoms with E-state index in [2.05, 4.69) is 144 Å². The van der Waals surface area contributed by atoms with Gasteiger partial charge in [-0.3, -0.25) is 19.4 Å². The molecule has 0 unspecified atom stereocenters. The van der Waals surface area contributed by atoms with Gasteiger partial charge in [-0.25, -0.2) is 0 Å². The Labute approximate surface area is 420 Å². The van der Waals surface area contributed by atoms with Gasteiger partial charge in [0.05, 0.1) is 25.0 Å². The van der Waals surface area contributed by atoms with Crippen molar-refractivity contribution < 1.29 is 19.1 Å². The fraction of sp³-hybridized carbons (Fsp3) is 0.587. The van der Waals surface area contributed by atoms with Crippen LogP contribution in [0.1, 0.15) is 170 Å². The average molecular weight is 943 g/mol. The number of hydrogen-bond donors (Lipinski definition) is 0. The molecule has 0 spiro atoms. The third kappa shape index (κ3) is 17.5. The quantitative estimate of drug-likeness (QED) is 0.123. The molecule has 2 saturated heterocycles. The monoisotopic (exact) mass is 943 g/mol. The van der Waals surface area contributed by atoms with Crippen molar-refractivity contribution in [1.82, 2.24) is 9.80 Å². The molecule has 6 nitrogen and oxygen atoms in total. The van der Waals surface area contributed by atoms with Gasteiger partial charge in [0.25, 0.3) is 0 Å². The van der Waals surface area contributed by atoms with Crippen LogP contribution in [0.2, 0.25) is 0 Å². The summed E-state index contributed by atoms with van der Waals surface area (Å²) in [5.74, 6) is 1.90. The number of ether oxygens (including phenoxy) is 2. The van der Waals surface area contributed by atoms with Crippen LogP contribution >= 0.6 is 0 Å². The van der Waals surface area contributed by atoms with Crippen LogP contribution in [0.4, 0.5) is 0 Å². The van der Waals surface area contributed by atoms with Crippen LogP contribution in [0.3, 0.4) is 0 Å². The Morgan fingerprint density at radius 1 is 0.565 bits per heavy atom. The van der Waals surface area contributed by atoms with Crippen molar-refractivity contribution in [1.29, 1.82) is 0 Å². The van der Waals surface area contributed by atoms with Crippen LogP contribution in [0.25, 0.3) is 27.6 Å². The molecular formula is C63H94N2O4. The molecule has 4 fully saturated rings. The minimum Gasteiger partial charge on any atom is -0.466 e. The molecule has 0 atom stereocenters.